The first-order valence-electron chi connectivity index (χ1n) is 10.9. The Bertz CT molecular complexity index is 931. The van der Waals surface area contributed by atoms with Crippen LogP contribution >= 0.6 is 24.0 Å². The monoisotopic (exact) mass is 569 g/mol. The van der Waals surface area contributed by atoms with E-state index in [2.05, 4.69) is 20.5 Å². The SMILES string of the molecule is CN=C(NCCC(=O)N1CCN(c2ccc(F)cc2)CC1)NCc1ccc(C)cc1OC.I. The number of piperazine rings is 1. The number of hydrogen-bond donors (Lipinski definition) is 2. The van der Waals surface area contributed by atoms with Gasteiger partial charge in [-0.1, -0.05) is 12.1 Å². The highest BCUT2D eigenvalue weighted by Crippen LogP contribution is 2.19. The molecule has 1 heterocycles. The van der Waals surface area contributed by atoms with Gasteiger partial charge in [0.2, 0.25) is 5.91 Å². The third-order valence-electron chi connectivity index (χ3n) is 5.57. The number of carbonyl (C=O) groups excluding carboxylic acids is 1. The fourth-order valence-corrected chi connectivity index (χ4v) is 3.71. The van der Waals surface area contributed by atoms with Crippen LogP contribution < -0.4 is 20.3 Å². The molecule has 0 aromatic heterocycles. The van der Waals surface area contributed by atoms with Gasteiger partial charge >= 0.3 is 0 Å². The van der Waals surface area contributed by atoms with Crippen molar-refractivity contribution in [1.29, 1.82) is 0 Å². The summed E-state index contributed by atoms with van der Waals surface area (Å²) in [6, 6.07) is 12.6. The molecule has 0 spiro atoms. The Hall–Kier alpha value is -2.56. The molecule has 1 amide bonds. The molecular weight excluding hydrogens is 536 g/mol. The molecule has 1 aliphatic heterocycles. The number of hydrogen-bond acceptors (Lipinski definition) is 4. The molecule has 9 heteroatoms. The van der Waals surface area contributed by atoms with Crippen molar-refractivity contribution in [1.82, 2.24) is 15.5 Å². The molecule has 0 aliphatic carbocycles. The molecule has 0 radical (unpaired) electrons. The number of anilines is 1. The average Bonchev–Trinajstić information content (AvgIpc) is 2.82. The standard InChI is InChI=1S/C24H32FN5O2.HI/c1-18-4-5-19(22(16-18)32-3)17-28-24(26-2)27-11-10-23(31)30-14-12-29(13-15-30)21-8-6-20(25)7-9-21;/h4-9,16H,10-15,17H2,1-3H3,(H2,26,27,28);1H. The number of aliphatic imine (C=N–C) groups is 1. The van der Waals surface area contributed by atoms with Gasteiger partial charge in [-0.05, 0) is 42.8 Å². The number of nitrogens with zero attached hydrogens (tertiary/aromatic N) is 3. The molecule has 7 nitrogen and oxygen atoms in total. The van der Waals surface area contributed by atoms with Crippen molar-refractivity contribution in [2.45, 2.75) is 19.9 Å². The van der Waals surface area contributed by atoms with Gasteiger partial charge in [-0.15, -0.1) is 24.0 Å². The summed E-state index contributed by atoms with van der Waals surface area (Å²) in [5, 5.41) is 6.46. The van der Waals surface area contributed by atoms with Crippen molar-refractivity contribution >= 4 is 41.5 Å². The van der Waals surface area contributed by atoms with Gasteiger partial charge in [-0.2, -0.15) is 0 Å². The van der Waals surface area contributed by atoms with Gasteiger partial charge < -0.3 is 25.2 Å². The van der Waals surface area contributed by atoms with E-state index in [1.54, 1.807) is 26.3 Å². The fraction of sp³-hybridized carbons (Fsp3) is 0.417. The van der Waals surface area contributed by atoms with E-state index in [9.17, 15) is 9.18 Å². The first-order chi connectivity index (χ1) is 15.5. The first-order valence-corrected chi connectivity index (χ1v) is 10.9. The van der Waals surface area contributed by atoms with Crippen molar-refractivity contribution in [3.8, 4) is 5.75 Å². The number of rotatable bonds is 7. The molecule has 0 saturated carbocycles. The largest absolute Gasteiger partial charge is 0.496 e. The van der Waals surface area contributed by atoms with E-state index in [4.69, 9.17) is 4.74 Å². The van der Waals surface area contributed by atoms with Crippen molar-refractivity contribution in [2.24, 2.45) is 4.99 Å². The van der Waals surface area contributed by atoms with Crippen LogP contribution in [0.3, 0.4) is 0 Å². The zero-order valence-electron chi connectivity index (χ0n) is 19.4. The predicted octanol–water partition coefficient (Wildman–Crippen LogP) is 3.16. The van der Waals surface area contributed by atoms with Gasteiger partial charge in [0.05, 0.1) is 7.11 Å². The van der Waals surface area contributed by atoms with Crippen LogP contribution in [0, 0.1) is 12.7 Å². The lowest BCUT2D eigenvalue weighted by molar-refractivity contribution is -0.131. The zero-order valence-corrected chi connectivity index (χ0v) is 21.8. The lowest BCUT2D eigenvalue weighted by Crippen LogP contribution is -2.49. The number of amides is 1. The molecule has 2 N–H and O–H groups in total. The molecule has 0 unspecified atom stereocenters. The summed E-state index contributed by atoms with van der Waals surface area (Å²) >= 11 is 0. The van der Waals surface area contributed by atoms with E-state index in [0.29, 0.717) is 38.6 Å². The van der Waals surface area contributed by atoms with E-state index < -0.39 is 0 Å². The minimum absolute atomic E-state index is 0. The molecule has 1 saturated heterocycles. The van der Waals surface area contributed by atoms with Crippen molar-refractivity contribution < 1.29 is 13.9 Å². The Morgan fingerprint density at radius 2 is 1.79 bits per heavy atom. The second-order valence-electron chi connectivity index (χ2n) is 7.76. The number of methoxy groups -OCH3 is 1. The van der Waals surface area contributed by atoms with E-state index in [0.717, 1.165) is 35.7 Å². The van der Waals surface area contributed by atoms with Crippen LogP contribution in [0.1, 0.15) is 17.5 Å². The van der Waals surface area contributed by atoms with Crippen LogP contribution in [-0.2, 0) is 11.3 Å². The average molecular weight is 569 g/mol. The molecule has 2 aromatic carbocycles. The Balaban J connectivity index is 0.00000385. The third-order valence-corrected chi connectivity index (χ3v) is 5.57. The number of benzene rings is 2. The quantitative estimate of drug-likeness (QED) is 0.305. The van der Waals surface area contributed by atoms with Crippen molar-refractivity contribution in [3.05, 3.63) is 59.4 Å². The molecule has 1 fully saturated rings. The highest BCUT2D eigenvalue weighted by atomic mass is 127. The van der Waals surface area contributed by atoms with Gasteiger partial charge in [0, 0.05) is 64.0 Å². The lowest BCUT2D eigenvalue weighted by atomic mass is 10.1. The van der Waals surface area contributed by atoms with Crippen LogP contribution in [0.4, 0.5) is 10.1 Å². The van der Waals surface area contributed by atoms with Gasteiger partial charge in [-0.25, -0.2) is 4.39 Å². The number of aryl methyl sites for hydroxylation is 1. The van der Waals surface area contributed by atoms with Gasteiger partial charge in [0.1, 0.15) is 11.6 Å². The summed E-state index contributed by atoms with van der Waals surface area (Å²) in [7, 11) is 3.37. The zero-order chi connectivity index (χ0) is 22.9. The van der Waals surface area contributed by atoms with Crippen LogP contribution in [0.25, 0.3) is 0 Å². The Kier molecular flexibility index (Phi) is 10.7. The van der Waals surface area contributed by atoms with Crippen LogP contribution in [0.5, 0.6) is 5.75 Å². The Morgan fingerprint density at radius 1 is 1.09 bits per heavy atom. The van der Waals surface area contributed by atoms with Crippen LogP contribution in [-0.4, -0.2) is 63.6 Å². The molecule has 3 rings (SSSR count). The smallest absolute Gasteiger partial charge is 0.224 e. The number of halogens is 2. The maximum atomic E-state index is 13.1. The lowest BCUT2D eigenvalue weighted by Gasteiger charge is -2.36. The Morgan fingerprint density at radius 3 is 2.42 bits per heavy atom. The van der Waals surface area contributed by atoms with E-state index in [1.807, 2.05) is 30.0 Å². The highest BCUT2D eigenvalue weighted by molar-refractivity contribution is 14.0. The summed E-state index contributed by atoms with van der Waals surface area (Å²) < 4.78 is 18.6. The molecular formula is C24H33FIN5O2. The normalized spacial score (nSPS) is 13.9. The van der Waals surface area contributed by atoms with Crippen molar-refractivity contribution in [3.63, 3.8) is 0 Å². The summed E-state index contributed by atoms with van der Waals surface area (Å²) in [6.45, 7) is 5.91. The second kappa shape index (κ2) is 13.2. The molecule has 0 atom stereocenters. The summed E-state index contributed by atoms with van der Waals surface area (Å²) in [6.07, 6.45) is 0.394. The summed E-state index contributed by atoms with van der Waals surface area (Å²) in [5.74, 6) is 1.36. The minimum atomic E-state index is -0.238. The maximum absolute atomic E-state index is 13.1. The molecule has 33 heavy (non-hydrogen) atoms. The van der Waals surface area contributed by atoms with Gasteiger partial charge in [0.15, 0.2) is 5.96 Å². The molecule has 180 valence electrons. The topological polar surface area (TPSA) is 69.2 Å². The van der Waals surface area contributed by atoms with Crippen LogP contribution in [0.2, 0.25) is 0 Å². The van der Waals surface area contributed by atoms with E-state index >= 15 is 0 Å². The molecule has 2 aromatic rings. The van der Waals surface area contributed by atoms with Gasteiger partial charge in [-0.3, -0.25) is 9.79 Å². The number of ether oxygens (including phenoxy) is 1. The van der Waals surface area contributed by atoms with E-state index in [-0.39, 0.29) is 35.7 Å². The molecule has 0 bridgehead atoms. The summed E-state index contributed by atoms with van der Waals surface area (Å²) in [4.78, 5) is 20.9. The predicted molar refractivity (Wildman–Crippen MR) is 141 cm³/mol. The second-order valence-corrected chi connectivity index (χ2v) is 7.76. The number of guanidine groups is 1. The van der Waals surface area contributed by atoms with Gasteiger partial charge in [0.25, 0.3) is 0 Å². The minimum Gasteiger partial charge on any atom is -0.496 e. The molecule has 1 aliphatic rings. The van der Waals surface area contributed by atoms with E-state index in [1.165, 1.54) is 12.1 Å². The highest BCUT2D eigenvalue weighted by Gasteiger charge is 2.21. The fourth-order valence-electron chi connectivity index (χ4n) is 3.71. The van der Waals surface area contributed by atoms with Crippen molar-refractivity contribution in [2.75, 3.05) is 51.8 Å². The number of nitrogens with one attached hydrogen (secondary N) is 2. The Labute approximate surface area is 212 Å². The third kappa shape index (κ3) is 7.76. The summed E-state index contributed by atoms with van der Waals surface area (Å²) in [5.41, 5.74) is 3.17. The number of carbonyl (C=O) groups is 1. The maximum Gasteiger partial charge on any atom is 0.224 e. The van der Waals surface area contributed by atoms with Crippen LogP contribution in [0.15, 0.2) is 47.5 Å². The first kappa shape index (κ1) is 26.7.